The number of nitrogens with one attached hydrogen (secondary N) is 1. The maximum Gasteiger partial charge on any atom is 0.266 e. The normalized spacial score (nSPS) is 17.0. The molecule has 1 aromatic rings. The van der Waals surface area contributed by atoms with Gasteiger partial charge in [0.05, 0.1) is 6.20 Å². The molecule has 1 aliphatic heterocycles. The van der Waals surface area contributed by atoms with E-state index in [0.717, 1.165) is 19.0 Å². The summed E-state index contributed by atoms with van der Waals surface area (Å²) < 4.78 is 0. The van der Waals surface area contributed by atoms with Gasteiger partial charge in [-0.05, 0) is 19.3 Å². The highest BCUT2D eigenvalue weighted by atomic mass is 16.1. The lowest BCUT2D eigenvalue weighted by molar-refractivity contribution is 0.0996. The van der Waals surface area contributed by atoms with Gasteiger partial charge in [-0.1, -0.05) is 0 Å². The van der Waals surface area contributed by atoms with Gasteiger partial charge < -0.3 is 15.6 Å². The van der Waals surface area contributed by atoms with Crippen LogP contribution in [0.1, 0.15) is 29.8 Å². The number of carbonyl (C=O) groups is 1. The minimum atomic E-state index is -0.458. The molecule has 2 heterocycles. The monoisotopic (exact) mass is 194 g/mol. The van der Waals surface area contributed by atoms with Crippen LogP contribution < -0.4 is 10.6 Å². The number of H-pyrrole nitrogens is 1. The third kappa shape index (κ3) is 1.71. The highest BCUT2D eigenvalue weighted by Gasteiger charge is 2.14. The van der Waals surface area contributed by atoms with E-state index in [1.807, 2.05) is 0 Å². The van der Waals surface area contributed by atoms with E-state index in [0.29, 0.717) is 5.69 Å². The largest absolute Gasteiger partial charge is 0.364 e. The van der Waals surface area contributed by atoms with Crippen molar-refractivity contribution in [2.24, 2.45) is 5.73 Å². The molecule has 3 N–H and O–H groups in total. The molecule has 1 saturated heterocycles. The van der Waals surface area contributed by atoms with Gasteiger partial charge in [0.1, 0.15) is 5.69 Å². The van der Waals surface area contributed by atoms with E-state index in [1.165, 1.54) is 25.5 Å². The molecule has 2 rings (SSSR count). The van der Waals surface area contributed by atoms with E-state index in [1.54, 1.807) is 0 Å². The zero-order chi connectivity index (χ0) is 9.97. The predicted molar refractivity (Wildman–Crippen MR) is 53.2 cm³/mol. The molecule has 14 heavy (non-hydrogen) atoms. The molecule has 0 aliphatic carbocycles. The summed E-state index contributed by atoms with van der Waals surface area (Å²) in [7, 11) is 0. The molecule has 1 aromatic heterocycles. The Morgan fingerprint density at radius 3 is 2.71 bits per heavy atom. The molecule has 0 atom stereocenters. The smallest absolute Gasteiger partial charge is 0.266 e. The van der Waals surface area contributed by atoms with E-state index in [-0.39, 0.29) is 0 Å². The Balaban J connectivity index is 2.11. The number of primary amides is 1. The van der Waals surface area contributed by atoms with Gasteiger partial charge in [-0.3, -0.25) is 4.79 Å². The standard InChI is InChI=1S/C9H14N4O/c10-8(14)7-6-11-9(12-7)13-4-2-1-3-5-13/h6H,1-5H2,(H2,10,14)(H,11,12). The highest BCUT2D eigenvalue weighted by molar-refractivity contribution is 5.90. The Morgan fingerprint density at radius 1 is 1.43 bits per heavy atom. The summed E-state index contributed by atoms with van der Waals surface area (Å²) in [5.41, 5.74) is 5.51. The molecule has 1 amide bonds. The van der Waals surface area contributed by atoms with Gasteiger partial charge >= 0.3 is 0 Å². The second kappa shape index (κ2) is 3.69. The zero-order valence-electron chi connectivity index (χ0n) is 7.99. The Bertz CT molecular complexity index is 327. The van der Waals surface area contributed by atoms with Crippen LogP contribution in [0.25, 0.3) is 0 Å². The van der Waals surface area contributed by atoms with Crippen LogP contribution >= 0.6 is 0 Å². The number of anilines is 1. The molecular formula is C9H14N4O. The first kappa shape index (κ1) is 9.05. The Labute approximate surface area is 82.3 Å². The van der Waals surface area contributed by atoms with Crippen molar-refractivity contribution < 1.29 is 4.79 Å². The van der Waals surface area contributed by atoms with Gasteiger partial charge in [-0.25, -0.2) is 4.98 Å². The third-order valence-electron chi connectivity index (χ3n) is 2.48. The number of nitrogens with zero attached hydrogens (tertiary/aromatic N) is 2. The summed E-state index contributed by atoms with van der Waals surface area (Å²) in [6.07, 6.45) is 5.14. The van der Waals surface area contributed by atoms with E-state index in [4.69, 9.17) is 5.73 Å². The highest BCUT2D eigenvalue weighted by Crippen LogP contribution is 2.15. The fraction of sp³-hybridized carbons (Fsp3) is 0.556. The number of hydrogen-bond donors (Lipinski definition) is 2. The lowest BCUT2D eigenvalue weighted by Gasteiger charge is -2.25. The van der Waals surface area contributed by atoms with Crippen molar-refractivity contribution in [3.05, 3.63) is 11.9 Å². The maximum atomic E-state index is 10.8. The molecule has 76 valence electrons. The van der Waals surface area contributed by atoms with Crippen molar-refractivity contribution in [1.29, 1.82) is 0 Å². The van der Waals surface area contributed by atoms with Crippen LogP contribution in [0.5, 0.6) is 0 Å². The lowest BCUT2D eigenvalue weighted by Crippen LogP contribution is -2.30. The van der Waals surface area contributed by atoms with Gasteiger partial charge in [0.2, 0.25) is 5.95 Å². The first-order valence-electron chi connectivity index (χ1n) is 4.87. The van der Waals surface area contributed by atoms with E-state index >= 15 is 0 Å². The fourth-order valence-electron chi connectivity index (χ4n) is 1.70. The second-order valence-electron chi connectivity index (χ2n) is 3.53. The number of carbonyl (C=O) groups excluding carboxylic acids is 1. The van der Waals surface area contributed by atoms with Crippen LogP contribution in [-0.4, -0.2) is 29.0 Å². The molecule has 1 fully saturated rings. The minimum absolute atomic E-state index is 0.380. The molecule has 0 bridgehead atoms. The summed E-state index contributed by atoms with van der Waals surface area (Å²) in [4.78, 5) is 20.0. The second-order valence-corrected chi connectivity index (χ2v) is 3.53. The Kier molecular flexibility index (Phi) is 2.39. The van der Waals surface area contributed by atoms with Crippen molar-refractivity contribution in [2.45, 2.75) is 19.3 Å². The predicted octanol–water partition coefficient (Wildman–Crippen LogP) is 0.499. The minimum Gasteiger partial charge on any atom is -0.364 e. The molecule has 0 spiro atoms. The van der Waals surface area contributed by atoms with Crippen LogP contribution in [0.15, 0.2) is 6.20 Å². The van der Waals surface area contributed by atoms with Gasteiger partial charge in [0.25, 0.3) is 5.91 Å². The summed E-state index contributed by atoms with van der Waals surface area (Å²) in [5.74, 6) is 0.305. The fourth-order valence-corrected chi connectivity index (χ4v) is 1.70. The number of nitrogens with two attached hydrogens (primary N) is 1. The molecule has 0 radical (unpaired) electrons. The molecule has 1 aliphatic rings. The third-order valence-corrected chi connectivity index (χ3v) is 2.48. The van der Waals surface area contributed by atoms with E-state index in [2.05, 4.69) is 14.9 Å². The van der Waals surface area contributed by atoms with Crippen LogP contribution in [0.4, 0.5) is 5.95 Å². The van der Waals surface area contributed by atoms with Crippen molar-refractivity contribution in [2.75, 3.05) is 18.0 Å². The SMILES string of the molecule is NC(=O)c1cnc(N2CCCCC2)[nH]1. The molecule has 5 nitrogen and oxygen atoms in total. The zero-order valence-corrected chi connectivity index (χ0v) is 7.99. The van der Waals surface area contributed by atoms with Crippen LogP contribution in [0.2, 0.25) is 0 Å². The van der Waals surface area contributed by atoms with Crippen LogP contribution in [-0.2, 0) is 0 Å². The van der Waals surface area contributed by atoms with Crippen LogP contribution in [0, 0.1) is 0 Å². The topological polar surface area (TPSA) is 75.0 Å². The van der Waals surface area contributed by atoms with Crippen LogP contribution in [0.3, 0.4) is 0 Å². The summed E-state index contributed by atoms with van der Waals surface area (Å²) in [5, 5.41) is 0. The number of amides is 1. The van der Waals surface area contributed by atoms with Gasteiger partial charge in [-0.2, -0.15) is 0 Å². The first-order valence-corrected chi connectivity index (χ1v) is 4.87. The van der Waals surface area contributed by atoms with Crippen molar-refractivity contribution in [3.63, 3.8) is 0 Å². The maximum absolute atomic E-state index is 10.8. The summed E-state index contributed by atoms with van der Waals surface area (Å²) in [6, 6.07) is 0. The van der Waals surface area contributed by atoms with Gasteiger partial charge in [0.15, 0.2) is 0 Å². The number of aromatic amines is 1. The Morgan fingerprint density at radius 2 is 2.14 bits per heavy atom. The van der Waals surface area contributed by atoms with Gasteiger partial charge in [0, 0.05) is 13.1 Å². The Hall–Kier alpha value is -1.52. The number of piperidine rings is 1. The number of aromatic nitrogens is 2. The van der Waals surface area contributed by atoms with Crippen molar-refractivity contribution in [1.82, 2.24) is 9.97 Å². The van der Waals surface area contributed by atoms with E-state index in [9.17, 15) is 4.79 Å². The summed E-state index contributed by atoms with van der Waals surface area (Å²) >= 11 is 0. The quantitative estimate of drug-likeness (QED) is 0.719. The molecule has 5 heteroatoms. The first-order chi connectivity index (χ1) is 6.77. The summed E-state index contributed by atoms with van der Waals surface area (Å²) in [6.45, 7) is 2.01. The molecule has 0 saturated carbocycles. The molecule has 0 aromatic carbocycles. The molecule has 0 unspecified atom stereocenters. The lowest BCUT2D eigenvalue weighted by atomic mass is 10.1. The average molecular weight is 194 g/mol. The van der Waals surface area contributed by atoms with Gasteiger partial charge in [-0.15, -0.1) is 0 Å². The number of rotatable bonds is 2. The van der Waals surface area contributed by atoms with Crippen molar-refractivity contribution >= 4 is 11.9 Å². The van der Waals surface area contributed by atoms with E-state index < -0.39 is 5.91 Å². The van der Waals surface area contributed by atoms with Crippen molar-refractivity contribution in [3.8, 4) is 0 Å². The number of imidazole rings is 1. The average Bonchev–Trinajstić information content (AvgIpc) is 2.68. The number of hydrogen-bond acceptors (Lipinski definition) is 3. The molecular weight excluding hydrogens is 180 g/mol.